The van der Waals surface area contributed by atoms with E-state index >= 15 is 14.3 Å². The van der Waals surface area contributed by atoms with Crippen LogP contribution < -0.4 is 25.9 Å². The van der Waals surface area contributed by atoms with E-state index in [-0.39, 0.29) is 54.5 Å². The van der Waals surface area contributed by atoms with Gasteiger partial charge in [-0.05, 0) is 47.6 Å². The maximum absolute atomic E-state index is 16.0. The molecule has 0 aliphatic heterocycles. The molecule has 0 aliphatic rings. The van der Waals surface area contributed by atoms with Gasteiger partial charge >= 0.3 is 37.3 Å². The minimum absolute atomic E-state index is 0. The number of carbonyl (C=O) groups excluding carboxylic acids is 3. The van der Waals surface area contributed by atoms with E-state index in [0.717, 1.165) is 0 Å². The van der Waals surface area contributed by atoms with E-state index in [4.69, 9.17) is 46.0 Å². The molecule has 21 nitrogen and oxygen atoms in total. The third-order valence-corrected chi connectivity index (χ3v) is 16.2. The molecule has 1 radical (unpaired) electrons. The Labute approximate surface area is 422 Å². The molecular weight excluding hydrogens is 1080 g/mol. The van der Waals surface area contributed by atoms with Gasteiger partial charge in [0.1, 0.15) is 5.78 Å². The van der Waals surface area contributed by atoms with E-state index in [0.29, 0.717) is 52.1 Å². The minimum Gasteiger partial charge on any atom is -0.618 e. The molecule has 2 atom stereocenters. The molecule has 5 aromatic rings. The molecule has 1 heterocycles. The van der Waals surface area contributed by atoms with E-state index in [1.165, 1.54) is 26.0 Å². The summed E-state index contributed by atoms with van der Waals surface area (Å²) in [5, 5.41) is 61.1. The molecule has 0 saturated heterocycles. The monoisotopic (exact) mass is 1130 g/mol. The fourth-order valence-electron chi connectivity index (χ4n) is 6.78. The third-order valence-electron chi connectivity index (χ3n) is 9.47. The number of likely N-dealkylation sites (N-methyl/N-ethyl adjacent to an activating group) is 2. The van der Waals surface area contributed by atoms with Gasteiger partial charge in [-0.15, -0.1) is 0 Å². The number of amides is 2. The van der Waals surface area contributed by atoms with Crippen LogP contribution in [-0.4, -0.2) is 68.8 Å². The fraction of sp³-hybridized carbons (Fsp3) is 0.273. The molecule has 0 N–H and O–H groups in total. The van der Waals surface area contributed by atoms with Crippen molar-refractivity contribution in [2.24, 2.45) is 0 Å². The summed E-state index contributed by atoms with van der Waals surface area (Å²) in [5.74, 6) is -0.780. The van der Waals surface area contributed by atoms with Gasteiger partial charge in [-0.1, -0.05) is 121 Å². The third kappa shape index (κ3) is 17.8. The molecule has 0 unspecified atom stereocenters. The quantitative estimate of drug-likeness (QED) is 0.0402. The predicted octanol–water partition coefficient (Wildman–Crippen LogP) is 6.05. The number of ketones is 1. The summed E-state index contributed by atoms with van der Waals surface area (Å²) in [6.45, 7) is 11.7. The number of benzene rings is 4. The van der Waals surface area contributed by atoms with Crippen LogP contribution in [0.25, 0.3) is 0 Å². The molecule has 0 fully saturated rings. The van der Waals surface area contributed by atoms with Crippen LogP contribution >= 0.6 is 14.3 Å². The van der Waals surface area contributed by atoms with Crippen LogP contribution in [0.3, 0.4) is 0 Å². The van der Waals surface area contributed by atoms with Crippen LogP contribution in [0.5, 0.6) is 0 Å². The summed E-state index contributed by atoms with van der Waals surface area (Å²) in [6, 6.07) is 39.8. The standard InChI is InChI=1S/C41H45N3O5P2.C3H6O.Er.3NO3/c1-5-42(6-2)40(45)38(50(48,32-22-13-9-14-23-32)33-24-15-10-16-25-33)36-30-21-31-37(44(36)47)39(41(46)43(7-3)8-4)51(49,34-26-17-11-18-27-34)35-28-19-12-20-29-35;1-3(2)4;;3*2-1(3)4/h9-31,38-39H,5-8H2,1-4H3;1-2H3;;;;/q;;+3;3*-1/t38-,39+;;;;;. The topological polar surface area (TPSA) is 317 Å². The normalized spacial score (nSPS) is 11.1. The van der Waals surface area contributed by atoms with Crippen LogP contribution in [0.15, 0.2) is 140 Å². The SMILES string of the molecule is CC(C)=O.CCN(CC)C(=O)[C@H](c1cccc([C@H](C(=O)N(CC)CC)P(=O)(c2ccccc2)c2ccccc2)[n+]1[O-])P(=O)(c1ccccc1)c1ccccc1.O=[N+]([O-])[O-].O=[N+]([O-])[O-].O=[N+]([O-])[O-].[Er+3]. The first kappa shape index (κ1) is 61.7. The molecule has 1 aromatic heterocycles. The molecule has 5 rings (SSSR count). The zero-order chi connectivity index (χ0) is 50.9. The van der Waals surface area contributed by atoms with Crippen molar-refractivity contribution in [2.75, 3.05) is 26.2 Å². The number of aromatic nitrogens is 1. The van der Waals surface area contributed by atoms with Gasteiger partial charge < -0.3 is 74.9 Å². The molecule has 0 spiro atoms. The zero-order valence-corrected chi connectivity index (χ0v) is 41.4. The summed E-state index contributed by atoms with van der Waals surface area (Å²) in [5.41, 5.74) is -3.05. The van der Waals surface area contributed by atoms with Gasteiger partial charge in [0, 0.05) is 59.5 Å². The summed E-state index contributed by atoms with van der Waals surface area (Å²) in [6.07, 6.45) is 0. The van der Waals surface area contributed by atoms with Crippen molar-refractivity contribution in [1.29, 1.82) is 0 Å². The smallest absolute Gasteiger partial charge is 0.618 e. The average Bonchev–Trinajstić information content (AvgIpc) is 3.29. The van der Waals surface area contributed by atoms with Crippen LogP contribution in [-0.2, 0) is 23.5 Å². The molecule has 369 valence electrons. The first-order valence-corrected chi connectivity index (χ1v) is 23.8. The molecule has 0 saturated carbocycles. The summed E-state index contributed by atoms with van der Waals surface area (Å²) >= 11 is 0. The number of hydrogen-bond donors (Lipinski definition) is 0. The van der Waals surface area contributed by atoms with Crippen LogP contribution in [0.2, 0.25) is 0 Å². The van der Waals surface area contributed by atoms with E-state index in [1.54, 1.807) is 113 Å². The van der Waals surface area contributed by atoms with Gasteiger partial charge in [0.15, 0.2) is 25.6 Å². The maximum Gasteiger partial charge on any atom is 3.00 e. The van der Waals surface area contributed by atoms with Gasteiger partial charge in [0.25, 0.3) is 0 Å². The van der Waals surface area contributed by atoms with Crippen molar-refractivity contribution in [3.8, 4) is 0 Å². The second kappa shape index (κ2) is 30.9. The molecule has 68 heavy (non-hydrogen) atoms. The number of hydrogen-bond acceptors (Lipinski definition) is 15. The largest absolute Gasteiger partial charge is 3.00 e. The van der Waals surface area contributed by atoms with Crippen LogP contribution in [0.1, 0.15) is 64.2 Å². The Morgan fingerprint density at radius 2 is 0.662 bits per heavy atom. The Kier molecular flexibility index (Phi) is 28.1. The number of Topliss-reactive ketones (excluding diaryl/α,β-unsaturated/α-hetero) is 1. The second-order valence-electron chi connectivity index (χ2n) is 13.7. The Hall–Kier alpha value is -6.25. The van der Waals surface area contributed by atoms with Crippen molar-refractivity contribution in [3.63, 3.8) is 0 Å². The Bertz CT molecular complexity index is 2180. The molecular formula is C44H51ErN6O15P2. The van der Waals surface area contributed by atoms with Crippen molar-refractivity contribution >= 4 is 53.1 Å². The Morgan fingerprint density at radius 3 is 0.838 bits per heavy atom. The first-order valence-electron chi connectivity index (χ1n) is 20.2. The van der Waals surface area contributed by atoms with Gasteiger partial charge in [0.05, 0.1) is 15.3 Å². The average molecular weight is 1130 g/mol. The second-order valence-corrected chi connectivity index (χ2v) is 19.5. The Morgan fingerprint density at radius 1 is 0.471 bits per heavy atom. The predicted molar refractivity (Wildman–Crippen MR) is 254 cm³/mol. The van der Waals surface area contributed by atoms with Crippen molar-refractivity contribution < 1.29 is 80.8 Å². The van der Waals surface area contributed by atoms with E-state index in [9.17, 15) is 14.4 Å². The van der Waals surface area contributed by atoms with Crippen molar-refractivity contribution in [2.45, 2.75) is 52.9 Å². The molecule has 0 bridgehead atoms. The minimum atomic E-state index is -3.96. The van der Waals surface area contributed by atoms with E-state index < -0.39 is 52.7 Å². The summed E-state index contributed by atoms with van der Waals surface area (Å²) in [4.78, 5) is 66.9. The molecule has 2 amide bonds. The van der Waals surface area contributed by atoms with Crippen LogP contribution in [0, 0.1) is 88.5 Å². The molecule has 0 aliphatic carbocycles. The number of rotatable bonds is 14. The molecule has 4 aromatic carbocycles. The molecule has 24 heteroatoms. The van der Waals surface area contributed by atoms with Crippen molar-refractivity contribution in [3.05, 3.63) is 202 Å². The number of nitrogens with zero attached hydrogens (tertiary/aromatic N) is 6. The number of pyridine rings is 1. The van der Waals surface area contributed by atoms with Crippen molar-refractivity contribution in [1.82, 2.24) is 9.80 Å². The van der Waals surface area contributed by atoms with Gasteiger partial charge in [-0.3, -0.25) is 9.59 Å². The number of carbonyl (C=O) groups is 3. The Balaban J connectivity index is 0.00000229. The first-order chi connectivity index (χ1) is 31.6. The summed E-state index contributed by atoms with van der Waals surface area (Å²) in [7, 11) is -7.91. The van der Waals surface area contributed by atoms with Gasteiger partial charge in [0.2, 0.25) is 23.2 Å². The van der Waals surface area contributed by atoms with Crippen LogP contribution in [0.4, 0.5) is 0 Å². The van der Waals surface area contributed by atoms with E-state index in [2.05, 4.69) is 0 Å². The summed E-state index contributed by atoms with van der Waals surface area (Å²) < 4.78 is 32.5. The van der Waals surface area contributed by atoms with Gasteiger partial charge in [-0.2, -0.15) is 4.73 Å². The van der Waals surface area contributed by atoms with Gasteiger partial charge in [-0.25, -0.2) is 0 Å². The van der Waals surface area contributed by atoms with E-state index in [1.807, 2.05) is 52.0 Å². The fourth-order valence-corrected chi connectivity index (χ4v) is 13.1. The zero-order valence-electron chi connectivity index (χ0n) is 37.8. The maximum atomic E-state index is 16.0.